The maximum Gasteiger partial charge on any atom is 0.123 e. The van der Waals surface area contributed by atoms with E-state index in [1.54, 1.807) is 48.5 Å². The molecule has 0 unspecified atom stereocenters. The van der Waals surface area contributed by atoms with E-state index >= 15 is 0 Å². The summed E-state index contributed by atoms with van der Waals surface area (Å²) in [6, 6.07) is 24.0. The first-order valence-corrected chi connectivity index (χ1v) is 10.3. The molecule has 0 aliphatic carbocycles. The highest BCUT2D eigenvalue weighted by Gasteiger charge is 2.16. The second kappa shape index (κ2) is 9.23. The van der Waals surface area contributed by atoms with Crippen molar-refractivity contribution in [3.63, 3.8) is 0 Å². The zero-order valence-electron chi connectivity index (χ0n) is 16.2. The SMILES string of the molecule is Fc1ccc(SC(=C(c2ccc(F)cc2)c2ccc(F)cc2)c2ccc(F)cc2)cc1. The van der Waals surface area contributed by atoms with Gasteiger partial charge in [-0.2, -0.15) is 0 Å². The van der Waals surface area contributed by atoms with Crippen LogP contribution in [0.5, 0.6) is 0 Å². The van der Waals surface area contributed by atoms with E-state index in [4.69, 9.17) is 0 Å². The van der Waals surface area contributed by atoms with Crippen LogP contribution in [0.25, 0.3) is 10.5 Å². The topological polar surface area (TPSA) is 0 Å². The van der Waals surface area contributed by atoms with Crippen molar-refractivity contribution < 1.29 is 17.6 Å². The Kier molecular flexibility index (Phi) is 6.23. The Morgan fingerprint density at radius 3 is 1.13 bits per heavy atom. The lowest BCUT2D eigenvalue weighted by atomic mass is 9.95. The summed E-state index contributed by atoms with van der Waals surface area (Å²) < 4.78 is 54.3. The highest BCUT2D eigenvalue weighted by molar-refractivity contribution is 8.08. The van der Waals surface area contributed by atoms with Crippen molar-refractivity contribution >= 4 is 22.2 Å². The van der Waals surface area contributed by atoms with Gasteiger partial charge in [-0.05, 0) is 77.4 Å². The molecule has 5 heteroatoms. The van der Waals surface area contributed by atoms with Crippen molar-refractivity contribution in [3.05, 3.63) is 137 Å². The smallest absolute Gasteiger partial charge is 0.123 e. The Morgan fingerprint density at radius 2 is 0.742 bits per heavy atom. The summed E-state index contributed by atoms with van der Waals surface area (Å²) in [4.78, 5) is 1.51. The third-order valence-corrected chi connectivity index (χ3v) is 5.78. The third kappa shape index (κ3) is 5.06. The fourth-order valence-electron chi connectivity index (χ4n) is 3.14. The van der Waals surface area contributed by atoms with Crippen molar-refractivity contribution in [3.8, 4) is 0 Å². The fraction of sp³-hybridized carbons (Fsp3) is 0. The molecule has 0 amide bonds. The van der Waals surface area contributed by atoms with Crippen LogP contribution >= 0.6 is 11.8 Å². The summed E-state index contributed by atoms with van der Waals surface area (Å²) in [6.07, 6.45) is 0. The minimum Gasteiger partial charge on any atom is -0.207 e. The molecule has 0 aliphatic heterocycles. The minimum absolute atomic E-state index is 0.353. The van der Waals surface area contributed by atoms with Crippen LogP contribution in [0, 0.1) is 23.3 Å². The molecule has 0 saturated heterocycles. The van der Waals surface area contributed by atoms with Crippen LogP contribution in [-0.2, 0) is 0 Å². The summed E-state index contributed by atoms with van der Waals surface area (Å²) in [7, 11) is 0. The van der Waals surface area contributed by atoms with E-state index in [0.717, 1.165) is 20.9 Å². The van der Waals surface area contributed by atoms with Crippen LogP contribution in [0.4, 0.5) is 17.6 Å². The van der Waals surface area contributed by atoms with E-state index in [1.807, 2.05) is 0 Å². The first-order chi connectivity index (χ1) is 15.0. The number of hydrogen-bond acceptors (Lipinski definition) is 1. The standard InChI is InChI=1S/C26H16F4S/c27-20-7-1-17(2-8-20)25(18-3-9-21(28)10-4-18)26(19-5-11-22(29)12-6-19)31-24-15-13-23(30)14-16-24/h1-16H. The summed E-state index contributed by atoms with van der Waals surface area (Å²) in [5.41, 5.74) is 2.86. The number of benzene rings is 4. The van der Waals surface area contributed by atoms with Gasteiger partial charge in [0.2, 0.25) is 0 Å². The van der Waals surface area contributed by atoms with Gasteiger partial charge >= 0.3 is 0 Å². The molecule has 0 fully saturated rings. The summed E-state index contributed by atoms with van der Waals surface area (Å²) >= 11 is 1.37. The Balaban J connectivity index is 1.97. The highest BCUT2D eigenvalue weighted by atomic mass is 32.2. The van der Waals surface area contributed by atoms with E-state index < -0.39 is 0 Å². The van der Waals surface area contributed by atoms with Crippen molar-refractivity contribution in [2.75, 3.05) is 0 Å². The monoisotopic (exact) mass is 436 g/mol. The van der Waals surface area contributed by atoms with Crippen LogP contribution in [-0.4, -0.2) is 0 Å². The van der Waals surface area contributed by atoms with Gasteiger partial charge in [0, 0.05) is 15.4 Å². The molecule has 4 aromatic carbocycles. The van der Waals surface area contributed by atoms with E-state index in [0.29, 0.717) is 11.1 Å². The number of halogens is 4. The van der Waals surface area contributed by atoms with E-state index in [-0.39, 0.29) is 23.3 Å². The number of hydrogen-bond donors (Lipinski definition) is 0. The van der Waals surface area contributed by atoms with Crippen LogP contribution in [0.3, 0.4) is 0 Å². The molecule has 0 N–H and O–H groups in total. The lowest BCUT2D eigenvalue weighted by molar-refractivity contribution is 0.626. The predicted octanol–water partition coefficient (Wildman–Crippen LogP) is 7.95. The van der Waals surface area contributed by atoms with Crippen LogP contribution in [0.2, 0.25) is 0 Å². The summed E-state index contributed by atoms with van der Waals surface area (Å²) in [5.74, 6) is -1.48. The van der Waals surface area contributed by atoms with Crippen molar-refractivity contribution in [2.24, 2.45) is 0 Å². The molecule has 31 heavy (non-hydrogen) atoms. The number of rotatable bonds is 5. The molecule has 0 saturated carbocycles. The van der Waals surface area contributed by atoms with E-state index in [2.05, 4.69) is 0 Å². The zero-order chi connectivity index (χ0) is 21.8. The van der Waals surface area contributed by atoms with Gasteiger partial charge in [-0.1, -0.05) is 48.2 Å². The normalized spacial score (nSPS) is 10.7. The summed E-state index contributed by atoms with van der Waals surface area (Å²) in [5, 5.41) is 0. The molecule has 154 valence electrons. The van der Waals surface area contributed by atoms with Crippen LogP contribution < -0.4 is 0 Å². The van der Waals surface area contributed by atoms with E-state index in [1.165, 1.54) is 60.3 Å². The Morgan fingerprint density at radius 1 is 0.419 bits per heavy atom. The summed E-state index contributed by atoms with van der Waals surface area (Å²) in [6.45, 7) is 0. The second-order valence-electron chi connectivity index (χ2n) is 6.78. The Hall–Kier alpha value is -3.31. The lowest BCUT2D eigenvalue weighted by Crippen LogP contribution is -1.95. The Bertz CT molecular complexity index is 1150. The van der Waals surface area contributed by atoms with Gasteiger partial charge in [0.25, 0.3) is 0 Å². The van der Waals surface area contributed by atoms with Crippen molar-refractivity contribution in [2.45, 2.75) is 4.90 Å². The average molecular weight is 436 g/mol. The molecule has 0 bridgehead atoms. The van der Waals surface area contributed by atoms with Gasteiger partial charge in [0.05, 0.1) is 0 Å². The highest BCUT2D eigenvalue weighted by Crippen LogP contribution is 2.43. The first kappa shape index (κ1) is 20.9. The van der Waals surface area contributed by atoms with Crippen molar-refractivity contribution in [1.29, 1.82) is 0 Å². The van der Waals surface area contributed by atoms with Gasteiger partial charge in [-0.3, -0.25) is 0 Å². The maximum atomic E-state index is 13.6. The molecule has 0 spiro atoms. The van der Waals surface area contributed by atoms with Crippen LogP contribution in [0.1, 0.15) is 16.7 Å². The molecule has 4 aromatic rings. The molecule has 0 aliphatic rings. The maximum absolute atomic E-state index is 13.6. The third-order valence-electron chi connectivity index (χ3n) is 4.63. The zero-order valence-corrected chi connectivity index (χ0v) is 17.0. The Labute approximate surface area is 181 Å². The second-order valence-corrected chi connectivity index (χ2v) is 7.86. The largest absolute Gasteiger partial charge is 0.207 e. The van der Waals surface area contributed by atoms with Crippen molar-refractivity contribution in [1.82, 2.24) is 0 Å². The van der Waals surface area contributed by atoms with Crippen LogP contribution in [0.15, 0.2) is 102 Å². The molecule has 0 heterocycles. The van der Waals surface area contributed by atoms with Gasteiger partial charge in [0.1, 0.15) is 23.3 Å². The average Bonchev–Trinajstić information content (AvgIpc) is 2.78. The molecular formula is C26H16F4S. The lowest BCUT2D eigenvalue weighted by Gasteiger charge is -2.17. The quantitative estimate of drug-likeness (QED) is 0.174. The minimum atomic E-state index is -0.378. The molecule has 4 rings (SSSR count). The van der Waals surface area contributed by atoms with Gasteiger partial charge < -0.3 is 0 Å². The van der Waals surface area contributed by atoms with Gasteiger partial charge in [0.15, 0.2) is 0 Å². The molecule has 0 nitrogen and oxygen atoms in total. The van der Waals surface area contributed by atoms with Gasteiger partial charge in [-0.25, -0.2) is 17.6 Å². The molecule has 0 radical (unpaired) electrons. The van der Waals surface area contributed by atoms with Gasteiger partial charge in [-0.15, -0.1) is 0 Å². The molecular weight excluding hydrogens is 420 g/mol. The molecule has 0 atom stereocenters. The number of thioether (sulfide) groups is 1. The predicted molar refractivity (Wildman–Crippen MR) is 117 cm³/mol. The first-order valence-electron chi connectivity index (χ1n) is 9.45. The van der Waals surface area contributed by atoms with E-state index in [9.17, 15) is 17.6 Å². The molecule has 0 aromatic heterocycles. The fourth-order valence-corrected chi connectivity index (χ4v) is 4.24.